The monoisotopic (exact) mass is 490 g/mol. The Bertz CT molecular complexity index is 1370. The quantitative estimate of drug-likeness (QED) is 0.396. The highest BCUT2D eigenvalue weighted by Gasteiger charge is 2.24. The minimum atomic E-state index is 0.152. The zero-order valence-electron chi connectivity index (χ0n) is 20.6. The molecule has 0 saturated carbocycles. The van der Waals surface area contributed by atoms with Crippen LogP contribution in [-0.2, 0) is 11.2 Å². The van der Waals surface area contributed by atoms with Crippen molar-refractivity contribution in [2.45, 2.75) is 20.3 Å². The van der Waals surface area contributed by atoms with Gasteiger partial charge >= 0.3 is 0 Å². The molecule has 35 heavy (non-hydrogen) atoms. The highest BCUT2D eigenvalue weighted by Crippen LogP contribution is 2.34. The molecule has 1 amide bonds. The number of ether oxygens (including phenoxy) is 2. The summed E-state index contributed by atoms with van der Waals surface area (Å²) in [7, 11) is 3.29. The Hall–Kier alpha value is -3.52. The van der Waals surface area contributed by atoms with Crippen molar-refractivity contribution < 1.29 is 14.3 Å². The van der Waals surface area contributed by atoms with E-state index >= 15 is 0 Å². The minimum absolute atomic E-state index is 0.152. The molecule has 2 aromatic heterocycles. The van der Waals surface area contributed by atoms with E-state index in [4.69, 9.17) is 14.5 Å². The molecule has 0 radical (unpaired) electrons. The third-order valence-electron chi connectivity index (χ3n) is 6.85. The largest absolute Gasteiger partial charge is 0.497 e. The van der Waals surface area contributed by atoms with Crippen LogP contribution in [0.15, 0.2) is 48.0 Å². The smallest absolute Gasteiger partial charge is 0.228 e. The summed E-state index contributed by atoms with van der Waals surface area (Å²) in [4.78, 5) is 23.2. The van der Waals surface area contributed by atoms with Gasteiger partial charge in [-0.15, -0.1) is 11.3 Å². The van der Waals surface area contributed by atoms with E-state index in [2.05, 4.69) is 36.9 Å². The number of anilines is 1. The van der Waals surface area contributed by atoms with Gasteiger partial charge in [0.05, 0.1) is 26.3 Å². The normalized spacial score (nSPS) is 13.9. The van der Waals surface area contributed by atoms with Crippen molar-refractivity contribution in [2.75, 3.05) is 45.3 Å². The Kier molecular flexibility index (Phi) is 6.38. The third kappa shape index (κ3) is 4.46. The molecule has 0 atom stereocenters. The molecule has 4 aromatic rings. The fourth-order valence-electron chi connectivity index (χ4n) is 4.64. The zero-order valence-corrected chi connectivity index (χ0v) is 21.4. The van der Waals surface area contributed by atoms with Gasteiger partial charge in [0.15, 0.2) is 4.96 Å². The number of piperazine rings is 1. The van der Waals surface area contributed by atoms with Crippen LogP contribution in [0.5, 0.6) is 11.5 Å². The van der Waals surface area contributed by atoms with Crippen LogP contribution in [0.1, 0.15) is 16.8 Å². The van der Waals surface area contributed by atoms with Crippen molar-refractivity contribution in [3.63, 3.8) is 0 Å². The molecular weight excluding hydrogens is 460 g/mol. The summed E-state index contributed by atoms with van der Waals surface area (Å²) in [6.45, 7) is 7.47. The first-order chi connectivity index (χ1) is 17.0. The number of thiazole rings is 1. The lowest BCUT2D eigenvalue weighted by Crippen LogP contribution is -2.49. The number of hydrogen-bond donors (Lipinski definition) is 0. The van der Waals surface area contributed by atoms with Crippen LogP contribution in [0.4, 0.5) is 5.69 Å². The molecular formula is C27H30N4O3S. The van der Waals surface area contributed by atoms with Crippen LogP contribution in [0, 0.1) is 13.8 Å². The number of imidazole rings is 1. The number of benzene rings is 2. The Balaban J connectivity index is 1.30. The molecule has 0 aliphatic carbocycles. The number of aryl methyl sites for hydroxylation is 1. The van der Waals surface area contributed by atoms with Gasteiger partial charge in [0.2, 0.25) is 5.91 Å². The molecule has 0 N–H and O–H groups in total. The predicted molar refractivity (Wildman–Crippen MR) is 140 cm³/mol. The molecule has 5 rings (SSSR count). The number of aromatic nitrogens is 2. The van der Waals surface area contributed by atoms with E-state index in [1.807, 2.05) is 39.1 Å². The zero-order chi connectivity index (χ0) is 24.5. The molecule has 182 valence electrons. The summed E-state index contributed by atoms with van der Waals surface area (Å²) in [6.07, 6.45) is 2.33. The van der Waals surface area contributed by atoms with Crippen molar-refractivity contribution in [2.24, 2.45) is 0 Å². The molecule has 1 fully saturated rings. The van der Waals surface area contributed by atoms with Crippen molar-refractivity contribution in [1.82, 2.24) is 14.3 Å². The number of methoxy groups -OCH3 is 2. The van der Waals surface area contributed by atoms with Gasteiger partial charge in [0, 0.05) is 54.7 Å². The van der Waals surface area contributed by atoms with E-state index in [0.29, 0.717) is 6.42 Å². The lowest BCUT2D eigenvalue weighted by molar-refractivity contribution is -0.130. The van der Waals surface area contributed by atoms with Crippen LogP contribution in [0.2, 0.25) is 0 Å². The van der Waals surface area contributed by atoms with Gasteiger partial charge in [-0.1, -0.05) is 12.1 Å². The summed E-state index contributed by atoms with van der Waals surface area (Å²) in [5, 5.41) is 2.03. The maximum absolute atomic E-state index is 13.2. The van der Waals surface area contributed by atoms with Gasteiger partial charge in [-0.2, -0.15) is 0 Å². The van der Waals surface area contributed by atoms with Crippen LogP contribution < -0.4 is 14.4 Å². The summed E-state index contributed by atoms with van der Waals surface area (Å²) >= 11 is 1.54. The maximum atomic E-state index is 13.2. The number of amides is 1. The molecule has 7 nitrogen and oxygen atoms in total. The molecule has 0 spiro atoms. The average molecular weight is 491 g/mol. The fraction of sp³-hybridized carbons (Fsp3) is 0.333. The van der Waals surface area contributed by atoms with E-state index in [-0.39, 0.29) is 5.91 Å². The molecule has 1 saturated heterocycles. The third-order valence-corrected chi connectivity index (χ3v) is 7.74. The molecule has 1 aliphatic heterocycles. The first-order valence-corrected chi connectivity index (χ1v) is 12.6. The topological polar surface area (TPSA) is 59.3 Å². The number of rotatable bonds is 6. The van der Waals surface area contributed by atoms with E-state index in [1.54, 1.807) is 25.6 Å². The second kappa shape index (κ2) is 9.62. The number of carbonyl (C=O) groups excluding carboxylic acids is 1. The highest BCUT2D eigenvalue weighted by atomic mass is 32.1. The predicted octanol–water partition coefficient (Wildman–Crippen LogP) is 4.59. The molecule has 3 heterocycles. The standard InChI is InChI=1S/C27H30N4O3S/c1-18-6-5-7-24(19(18)2)29-10-12-30(13-11-29)26(32)14-20-17-35-27-28-23(16-31(20)27)22-15-21(33-3)8-9-25(22)34-4/h5-9,15-17H,10-14H2,1-4H3. The van der Waals surface area contributed by atoms with Gasteiger partial charge in [0.25, 0.3) is 0 Å². The summed E-state index contributed by atoms with van der Waals surface area (Å²) in [5.74, 6) is 1.63. The summed E-state index contributed by atoms with van der Waals surface area (Å²) in [5.41, 5.74) is 6.50. The second-order valence-electron chi connectivity index (χ2n) is 8.84. The van der Waals surface area contributed by atoms with Gasteiger partial charge in [-0.3, -0.25) is 9.20 Å². The van der Waals surface area contributed by atoms with E-state index in [0.717, 1.165) is 59.6 Å². The lowest BCUT2D eigenvalue weighted by Gasteiger charge is -2.37. The van der Waals surface area contributed by atoms with Gasteiger partial charge < -0.3 is 19.3 Å². The molecule has 0 bridgehead atoms. The van der Waals surface area contributed by atoms with Crippen molar-refractivity contribution in [1.29, 1.82) is 0 Å². The fourth-order valence-corrected chi connectivity index (χ4v) is 5.52. The summed E-state index contributed by atoms with van der Waals surface area (Å²) in [6, 6.07) is 12.1. The SMILES string of the molecule is COc1ccc(OC)c(-c2cn3c(CC(=O)N4CCN(c5cccc(C)c5C)CC4)csc3n2)c1. The van der Waals surface area contributed by atoms with Crippen LogP contribution in [0.25, 0.3) is 16.2 Å². The van der Waals surface area contributed by atoms with Crippen molar-refractivity contribution in [3.8, 4) is 22.8 Å². The number of fused-ring (bicyclic) bond motifs is 1. The number of hydrogen-bond acceptors (Lipinski definition) is 6. The van der Waals surface area contributed by atoms with Crippen LogP contribution >= 0.6 is 11.3 Å². The summed E-state index contributed by atoms with van der Waals surface area (Å²) < 4.78 is 12.9. The van der Waals surface area contributed by atoms with Crippen LogP contribution in [0.3, 0.4) is 0 Å². The maximum Gasteiger partial charge on any atom is 0.228 e. The van der Waals surface area contributed by atoms with Gasteiger partial charge in [-0.25, -0.2) is 4.98 Å². The Morgan fingerprint density at radius 2 is 1.86 bits per heavy atom. The average Bonchev–Trinajstić information content (AvgIpc) is 3.47. The highest BCUT2D eigenvalue weighted by molar-refractivity contribution is 7.15. The molecule has 2 aromatic carbocycles. The molecule has 1 aliphatic rings. The molecule has 0 unspecified atom stereocenters. The van der Waals surface area contributed by atoms with Gasteiger partial charge in [0.1, 0.15) is 11.5 Å². The Morgan fingerprint density at radius 1 is 1.06 bits per heavy atom. The van der Waals surface area contributed by atoms with Crippen molar-refractivity contribution in [3.05, 3.63) is 64.8 Å². The lowest BCUT2D eigenvalue weighted by atomic mass is 10.1. The minimum Gasteiger partial charge on any atom is -0.497 e. The van der Waals surface area contributed by atoms with Crippen LogP contribution in [-0.4, -0.2) is 60.6 Å². The van der Waals surface area contributed by atoms with E-state index in [9.17, 15) is 4.79 Å². The van der Waals surface area contributed by atoms with Gasteiger partial charge in [-0.05, 0) is 49.2 Å². The first kappa shape index (κ1) is 23.2. The van der Waals surface area contributed by atoms with E-state index in [1.165, 1.54) is 16.8 Å². The molecule has 8 heteroatoms. The Labute approximate surface area is 209 Å². The number of nitrogens with zero attached hydrogens (tertiary/aromatic N) is 4. The van der Waals surface area contributed by atoms with Crippen molar-refractivity contribution >= 4 is 27.9 Å². The Morgan fingerprint density at radius 3 is 2.60 bits per heavy atom. The number of carbonyl (C=O) groups is 1. The second-order valence-corrected chi connectivity index (χ2v) is 9.67. The van der Waals surface area contributed by atoms with E-state index < -0.39 is 0 Å². The first-order valence-electron chi connectivity index (χ1n) is 11.7.